The minimum Gasteiger partial charge on any atom is -0.497 e. The molecule has 0 amide bonds. The minimum atomic E-state index is 0.276. The summed E-state index contributed by atoms with van der Waals surface area (Å²) in [5.74, 6) is 2.56. The molecule has 0 radical (unpaired) electrons. The molecular formula is C21H34N4O3. The van der Waals surface area contributed by atoms with Gasteiger partial charge in [0.15, 0.2) is 5.96 Å². The summed E-state index contributed by atoms with van der Waals surface area (Å²) in [6, 6.07) is 6.47. The molecule has 156 valence electrons. The third-order valence-corrected chi connectivity index (χ3v) is 5.25. The lowest BCUT2D eigenvalue weighted by Crippen LogP contribution is -2.44. The van der Waals surface area contributed by atoms with Crippen molar-refractivity contribution in [3.05, 3.63) is 23.8 Å². The van der Waals surface area contributed by atoms with Gasteiger partial charge in [0, 0.05) is 44.9 Å². The van der Waals surface area contributed by atoms with E-state index in [1.165, 1.54) is 5.56 Å². The van der Waals surface area contributed by atoms with Crippen molar-refractivity contribution in [2.75, 3.05) is 47.0 Å². The van der Waals surface area contributed by atoms with Gasteiger partial charge in [0.2, 0.25) is 0 Å². The molecule has 28 heavy (non-hydrogen) atoms. The first-order chi connectivity index (χ1) is 13.7. The Balaban J connectivity index is 1.53. The number of aliphatic imine (C=N–C) groups is 1. The van der Waals surface area contributed by atoms with Crippen molar-refractivity contribution < 1.29 is 14.2 Å². The van der Waals surface area contributed by atoms with Crippen LogP contribution in [0, 0.1) is 0 Å². The van der Waals surface area contributed by atoms with Crippen molar-refractivity contribution in [2.24, 2.45) is 4.99 Å². The Morgan fingerprint density at radius 3 is 2.64 bits per heavy atom. The Kier molecular flexibility index (Phi) is 7.80. The van der Waals surface area contributed by atoms with Gasteiger partial charge in [-0.1, -0.05) is 0 Å². The number of methoxy groups -OCH3 is 2. The van der Waals surface area contributed by atoms with Crippen LogP contribution in [-0.2, 0) is 11.3 Å². The number of rotatable bonds is 8. The third-order valence-electron chi connectivity index (χ3n) is 5.25. The van der Waals surface area contributed by atoms with Gasteiger partial charge in [-0.3, -0.25) is 9.89 Å². The smallest absolute Gasteiger partial charge is 0.191 e. The number of likely N-dealkylation sites (tertiary alicyclic amines) is 1. The van der Waals surface area contributed by atoms with E-state index in [0.29, 0.717) is 6.04 Å². The van der Waals surface area contributed by atoms with E-state index in [0.717, 1.165) is 76.1 Å². The van der Waals surface area contributed by atoms with Crippen molar-refractivity contribution in [1.29, 1.82) is 0 Å². The Morgan fingerprint density at radius 1 is 1.21 bits per heavy atom. The van der Waals surface area contributed by atoms with Gasteiger partial charge in [-0.15, -0.1) is 0 Å². The van der Waals surface area contributed by atoms with Crippen molar-refractivity contribution in [2.45, 2.75) is 44.9 Å². The number of hydrogen-bond donors (Lipinski definition) is 2. The van der Waals surface area contributed by atoms with Gasteiger partial charge >= 0.3 is 0 Å². The lowest BCUT2D eigenvalue weighted by molar-refractivity contribution is 0.117. The molecule has 7 nitrogen and oxygen atoms in total. The van der Waals surface area contributed by atoms with Crippen molar-refractivity contribution in [3.63, 3.8) is 0 Å². The predicted molar refractivity (Wildman–Crippen MR) is 111 cm³/mol. The molecule has 1 aromatic rings. The molecule has 0 aliphatic carbocycles. The van der Waals surface area contributed by atoms with Gasteiger partial charge in [-0.2, -0.15) is 0 Å². The topological polar surface area (TPSA) is 67.4 Å². The number of ether oxygens (including phenoxy) is 3. The lowest BCUT2D eigenvalue weighted by Gasteiger charge is -2.20. The molecule has 0 saturated carbocycles. The number of hydrogen-bond acceptors (Lipinski definition) is 5. The Hall–Kier alpha value is -1.99. The molecule has 2 fully saturated rings. The van der Waals surface area contributed by atoms with E-state index in [4.69, 9.17) is 19.2 Å². The molecule has 2 aliphatic heterocycles. The number of nitrogens with zero attached hydrogens (tertiary/aromatic N) is 2. The Morgan fingerprint density at radius 2 is 2.00 bits per heavy atom. The minimum absolute atomic E-state index is 0.276. The van der Waals surface area contributed by atoms with Gasteiger partial charge in [-0.05, 0) is 43.9 Å². The summed E-state index contributed by atoms with van der Waals surface area (Å²) < 4.78 is 16.5. The predicted octanol–water partition coefficient (Wildman–Crippen LogP) is 2.01. The fraction of sp³-hybridized carbons (Fsp3) is 0.667. The molecule has 3 rings (SSSR count). The van der Waals surface area contributed by atoms with Crippen LogP contribution in [0.4, 0.5) is 0 Å². The van der Waals surface area contributed by atoms with Crippen LogP contribution in [0.25, 0.3) is 0 Å². The van der Waals surface area contributed by atoms with Crippen LogP contribution in [0.1, 0.15) is 31.7 Å². The first kappa shape index (κ1) is 20.7. The Bertz CT molecular complexity index is 624. The molecule has 0 spiro atoms. The van der Waals surface area contributed by atoms with Crippen molar-refractivity contribution in [1.82, 2.24) is 15.5 Å². The fourth-order valence-corrected chi connectivity index (χ4v) is 3.80. The maximum atomic E-state index is 5.68. The second-order valence-electron chi connectivity index (χ2n) is 7.44. The average Bonchev–Trinajstić information content (AvgIpc) is 3.38. The van der Waals surface area contributed by atoms with E-state index >= 15 is 0 Å². The summed E-state index contributed by atoms with van der Waals surface area (Å²) >= 11 is 0. The Labute approximate surface area is 168 Å². The highest BCUT2D eigenvalue weighted by molar-refractivity contribution is 5.80. The van der Waals surface area contributed by atoms with E-state index in [-0.39, 0.29) is 6.10 Å². The summed E-state index contributed by atoms with van der Waals surface area (Å²) in [6.07, 6.45) is 3.64. The monoisotopic (exact) mass is 390 g/mol. The van der Waals surface area contributed by atoms with E-state index in [9.17, 15) is 0 Å². The highest BCUT2D eigenvalue weighted by Crippen LogP contribution is 2.24. The van der Waals surface area contributed by atoms with Gasteiger partial charge in [0.05, 0.1) is 26.9 Å². The second-order valence-corrected chi connectivity index (χ2v) is 7.44. The SMILES string of the molecule is CCNC(=NCC1CCCO1)NC1CCN(Cc2cc(OC)cc(OC)c2)C1. The molecule has 2 atom stereocenters. The summed E-state index contributed by atoms with van der Waals surface area (Å²) in [6.45, 7) is 7.49. The van der Waals surface area contributed by atoms with E-state index in [1.807, 2.05) is 6.07 Å². The van der Waals surface area contributed by atoms with Crippen LogP contribution in [0.2, 0.25) is 0 Å². The zero-order chi connectivity index (χ0) is 19.8. The van der Waals surface area contributed by atoms with Crippen LogP contribution in [0.15, 0.2) is 23.2 Å². The largest absolute Gasteiger partial charge is 0.497 e. The third kappa shape index (κ3) is 6.01. The van der Waals surface area contributed by atoms with Gasteiger partial charge < -0.3 is 24.8 Å². The summed E-state index contributed by atoms with van der Waals surface area (Å²) in [7, 11) is 3.37. The van der Waals surface area contributed by atoms with E-state index in [2.05, 4.69) is 34.6 Å². The molecule has 2 N–H and O–H groups in total. The molecule has 0 bridgehead atoms. The van der Waals surface area contributed by atoms with Gasteiger partial charge in [0.1, 0.15) is 11.5 Å². The molecule has 2 heterocycles. The molecule has 1 aromatic carbocycles. The van der Waals surface area contributed by atoms with Crippen molar-refractivity contribution in [3.8, 4) is 11.5 Å². The van der Waals surface area contributed by atoms with Gasteiger partial charge in [-0.25, -0.2) is 0 Å². The number of guanidine groups is 1. The maximum absolute atomic E-state index is 5.68. The quantitative estimate of drug-likeness (QED) is 0.523. The van der Waals surface area contributed by atoms with E-state index in [1.54, 1.807) is 14.2 Å². The number of benzene rings is 1. The fourth-order valence-electron chi connectivity index (χ4n) is 3.80. The van der Waals surface area contributed by atoms with Crippen LogP contribution in [0.3, 0.4) is 0 Å². The molecular weight excluding hydrogens is 356 g/mol. The normalized spacial score (nSPS) is 23.0. The van der Waals surface area contributed by atoms with Crippen LogP contribution >= 0.6 is 0 Å². The second kappa shape index (κ2) is 10.5. The zero-order valence-electron chi connectivity index (χ0n) is 17.4. The molecule has 0 aromatic heterocycles. The van der Waals surface area contributed by atoms with Gasteiger partial charge in [0.25, 0.3) is 0 Å². The van der Waals surface area contributed by atoms with E-state index < -0.39 is 0 Å². The van der Waals surface area contributed by atoms with Crippen LogP contribution in [-0.4, -0.2) is 70.0 Å². The highest BCUT2D eigenvalue weighted by Gasteiger charge is 2.24. The average molecular weight is 391 g/mol. The molecule has 2 unspecified atom stereocenters. The van der Waals surface area contributed by atoms with Crippen LogP contribution < -0.4 is 20.1 Å². The van der Waals surface area contributed by atoms with Crippen LogP contribution in [0.5, 0.6) is 11.5 Å². The number of nitrogens with one attached hydrogen (secondary N) is 2. The maximum Gasteiger partial charge on any atom is 0.191 e. The molecule has 2 aliphatic rings. The first-order valence-electron chi connectivity index (χ1n) is 10.3. The summed E-state index contributed by atoms with van der Waals surface area (Å²) in [5.41, 5.74) is 1.20. The highest BCUT2D eigenvalue weighted by atomic mass is 16.5. The lowest BCUT2D eigenvalue weighted by atomic mass is 10.2. The van der Waals surface area contributed by atoms with Crippen molar-refractivity contribution >= 4 is 5.96 Å². The zero-order valence-corrected chi connectivity index (χ0v) is 17.4. The molecule has 7 heteroatoms. The summed E-state index contributed by atoms with van der Waals surface area (Å²) in [5, 5.41) is 6.95. The standard InChI is InChI=1S/C21H34N4O3/c1-4-22-21(23-13-18-6-5-9-28-18)24-17-7-8-25(15-17)14-16-10-19(26-2)12-20(11-16)27-3/h10-12,17-18H,4-9,13-15H2,1-3H3,(H2,22,23,24). The first-order valence-corrected chi connectivity index (χ1v) is 10.3. The molecule has 2 saturated heterocycles. The summed E-state index contributed by atoms with van der Waals surface area (Å²) in [4.78, 5) is 7.19.